The summed E-state index contributed by atoms with van der Waals surface area (Å²) in [6.45, 7) is 6.32. The van der Waals surface area contributed by atoms with Crippen molar-refractivity contribution in [2.75, 3.05) is 0 Å². The van der Waals surface area contributed by atoms with Crippen molar-refractivity contribution < 1.29 is 4.42 Å². The summed E-state index contributed by atoms with van der Waals surface area (Å²) < 4.78 is 5.53. The lowest BCUT2D eigenvalue weighted by atomic mass is 10.1. The van der Waals surface area contributed by atoms with Gasteiger partial charge in [-0.05, 0) is 24.5 Å². The molecule has 1 aliphatic rings. The Morgan fingerprint density at radius 2 is 2.00 bits per heavy atom. The summed E-state index contributed by atoms with van der Waals surface area (Å²) >= 11 is 0. The van der Waals surface area contributed by atoms with Crippen LogP contribution in [0.25, 0.3) is 0 Å². The number of nitrogens with two attached hydrogens (primary N) is 1. The van der Waals surface area contributed by atoms with E-state index in [0.717, 1.165) is 11.5 Å². The molecule has 0 radical (unpaired) electrons. The molecule has 0 aromatic carbocycles. The zero-order chi connectivity index (χ0) is 8.93. The van der Waals surface area contributed by atoms with E-state index in [9.17, 15) is 0 Å². The zero-order valence-electron chi connectivity index (χ0n) is 7.79. The van der Waals surface area contributed by atoms with Crippen LogP contribution >= 0.6 is 0 Å². The van der Waals surface area contributed by atoms with Crippen LogP contribution in [0.15, 0.2) is 16.5 Å². The summed E-state index contributed by atoms with van der Waals surface area (Å²) in [6, 6.07) is 4.30. The smallest absolute Gasteiger partial charge is 0.109 e. The van der Waals surface area contributed by atoms with Crippen LogP contribution in [0.4, 0.5) is 0 Å². The van der Waals surface area contributed by atoms with E-state index in [2.05, 4.69) is 13.8 Å². The van der Waals surface area contributed by atoms with Gasteiger partial charge in [-0.3, -0.25) is 0 Å². The minimum absolute atomic E-state index is 0.226. The van der Waals surface area contributed by atoms with Crippen LogP contribution in [0.1, 0.15) is 31.3 Å². The monoisotopic (exact) mass is 165 g/mol. The van der Waals surface area contributed by atoms with Crippen molar-refractivity contribution in [1.82, 2.24) is 0 Å². The third kappa shape index (κ3) is 0.911. The minimum Gasteiger partial charge on any atom is -0.466 e. The standard InChI is InChI=1S/C10H15NO/c1-6-4-5-7(12-6)8-9(11)10(8,2)3/h4-5,8-9H,11H2,1-3H3/t8-,9-/m0/s1. The molecule has 0 aliphatic heterocycles. The Kier molecular flexibility index (Phi) is 1.40. The van der Waals surface area contributed by atoms with Crippen molar-refractivity contribution in [3.63, 3.8) is 0 Å². The van der Waals surface area contributed by atoms with Crippen molar-refractivity contribution in [2.45, 2.75) is 32.7 Å². The molecule has 1 fully saturated rings. The zero-order valence-corrected chi connectivity index (χ0v) is 7.79. The van der Waals surface area contributed by atoms with E-state index in [1.165, 1.54) is 0 Å². The Morgan fingerprint density at radius 3 is 2.33 bits per heavy atom. The fourth-order valence-electron chi connectivity index (χ4n) is 1.84. The van der Waals surface area contributed by atoms with Crippen molar-refractivity contribution in [1.29, 1.82) is 0 Å². The van der Waals surface area contributed by atoms with Gasteiger partial charge >= 0.3 is 0 Å². The third-order valence-electron chi connectivity index (χ3n) is 2.98. The lowest BCUT2D eigenvalue weighted by molar-refractivity contribution is 0.461. The van der Waals surface area contributed by atoms with Crippen LogP contribution < -0.4 is 5.73 Å². The van der Waals surface area contributed by atoms with E-state index in [1.54, 1.807) is 0 Å². The second-order valence-electron chi connectivity index (χ2n) is 4.27. The van der Waals surface area contributed by atoms with E-state index in [-0.39, 0.29) is 11.5 Å². The minimum atomic E-state index is 0.226. The maximum absolute atomic E-state index is 5.93. The van der Waals surface area contributed by atoms with Crippen LogP contribution in [0.2, 0.25) is 0 Å². The van der Waals surface area contributed by atoms with Gasteiger partial charge in [0.1, 0.15) is 11.5 Å². The Labute approximate surface area is 72.7 Å². The molecule has 0 saturated heterocycles. The number of rotatable bonds is 1. The van der Waals surface area contributed by atoms with Crippen LogP contribution in [-0.2, 0) is 0 Å². The fourth-order valence-corrected chi connectivity index (χ4v) is 1.84. The van der Waals surface area contributed by atoms with Crippen molar-refractivity contribution in [2.24, 2.45) is 11.1 Å². The molecule has 1 saturated carbocycles. The lowest BCUT2D eigenvalue weighted by Crippen LogP contribution is -2.06. The van der Waals surface area contributed by atoms with Gasteiger partial charge in [-0.25, -0.2) is 0 Å². The number of hydrogen-bond donors (Lipinski definition) is 1. The molecule has 0 bridgehead atoms. The van der Waals surface area contributed by atoms with Crippen molar-refractivity contribution >= 4 is 0 Å². The van der Waals surface area contributed by atoms with Gasteiger partial charge in [-0.1, -0.05) is 13.8 Å². The number of aryl methyl sites for hydroxylation is 1. The molecule has 66 valence electrons. The summed E-state index contributed by atoms with van der Waals surface area (Å²) in [6.07, 6.45) is 0. The van der Waals surface area contributed by atoms with Gasteiger partial charge in [0.15, 0.2) is 0 Å². The number of furan rings is 1. The average Bonchev–Trinajstić information content (AvgIpc) is 2.38. The maximum Gasteiger partial charge on any atom is 0.109 e. The Balaban J connectivity index is 2.24. The predicted octanol–water partition coefficient (Wildman–Crippen LogP) is 2.04. The molecule has 12 heavy (non-hydrogen) atoms. The maximum atomic E-state index is 5.93. The second kappa shape index (κ2) is 2.13. The molecule has 0 unspecified atom stereocenters. The molecule has 1 aromatic heterocycles. The van der Waals surface area contributed by atoms with Crippen LogP contribution in [0.5, 0.6) is 0 Å². The van der Waals surface area contributed by atoms with Crippen LogP contribution in [0, 0.1) is 12.3 Å². The molecule has 0 amide bonds. The molecule has 1 aliphatic carbocycles. The molecule has 1 heterocycles. The lowest BCUT2D eigenvalue weighted by Gasteiger charge is -1.97. The quantitative estimate of drug-likeness (QED) is 0.691. The van der Waals surface area contributed by atoms with Gasteiger partial charge < -0.3 is 10.2 Å². The molecular formula is C10H15NO. The first-order chi connectivity index (χ1) is 5.53. The molecule has 2 heteroatoms. The summed E-state index contributed by atoms with van der Waals surface area (Å²) in [5, 5.41) is 0. The molecular weight excluding hydrogens is 150 g/mol. The molecule has 2 atom stereocenters. The first kappa shape index (κ1) is 7.87. The van der Waals surface area contributed by atoms with Crippen LogP contribution in [-0.4, -0.2) is 6.04 Å². The summed E-state index contributed by atoms with van der Waals surface area (Å²) in [7, 11) is 0. The van der Waals surface area contributed by atoms with Crippen LogP contribution in [0.3, 0.4) is 0 Å². The summed E-state index contributed by atoms with van der Waals surface area (Å²) in [5.74, 6) is 2.44. The molecule has 2 N–H and O–H groups in total. The molecule has 2 nitrogen and oxygen atoms in total. The van der Waals surface area contributed by atoms with Crippen molar-refractivity contribution in [3.8, 4) is 0 Å². The van der Waals surface area contributed by atoms with Gasteiger partial charge in [0, 0.05) is 12.0 Å². The van der Waals surface area contributed by atoms with E-state index in [1.807, 2.05) is 19.1 Å². The number of hydrogen-bond acceptors (Lipinski definition) is 2. The second-order valence-corrected chi connectivity index (χ2v) is 4.27. The average molecular weight is 165 g/mol. The topological polar surface area (TPSA) is 39.2 Å². The van der Waals surface area contributed by atoms with Gasteiger partial charge in [0.05, 0.1) is 0 Å². The Morgan fingerprint density at radius 1 is 1.42 bits per heavy atom. The van der Waals surface area contributed by atoms with Gasteiger partial charge in [0.2, 0.25) is 0 Å². The van der Waals surface area contributed by atoms with Gasteiger partial charge in [-0.2, -0.15) is 0 Å². The highest BCUT2D eigenvalue weighted by molar-refractivity contribution is 5.28. The van der Waals surface area contributed by atoms with E-state index < -0.39 is 0 Å². The highest BCUT2D eigenvalue weighted by Gasteiger charge is 2.57. The normalized spacial score (nSPS) is 32.0. The van der Waals surface area contributed by atoms with E-state index in [4.69, 9.17) is 10.2 Å². The summed E-state index contributed by atoms with van der Waals surface area (Å²) in [5.41, 5.74) is 6.15. The third-order valence-corrected chi connectivity index (χ3v) is 2.98. The van der Waals surface area contributed by atoms with Gasteiger partial charge in [0.25, 0.3) is 0 Å². The van der Waals surface area contributed by atoms with E-state index in [0.29, 0.717) is 5.92 Å². The first-order valence-corrected chi connectivity index (χ1v) is 4.35. The van der Waals surface area contributed by atoms with Crippen molar-refractivity contribution in [3.05, 3.63) is 23.7 Å². The first-order valence-electron chi connectivity index (χ1n) is 4.35. The largest absolute Gasteiger partial charge is 0.466 e. The van der Waals surface area contributed by atoms with E-state index >= 15 is 0 Å². The molecule has 1 aromatic rings. The Bertz CT molecular complexity index is 301. The predicted molar refractivity (Wildman–Crippen MR) is 47.9 cm³/mol. The fraction of sp³-hybridized carbons (Fsp3) is 0.600. The highest BCUT2D eigenvalue weighted by Crippen LogP contribution is 2.57. The molecule has 0 spiro atoms. The Hall–Kier alpha value is -0.760. The molecule has 2 rings (SSSR count). The SMILES string of the molecule is Cc1ccc([C@H]2[C@H](N)C2(C)C)o1. The summed E-state index contributed by atoms with van der Waals surface area (Å²) in [4.78, 5) is 0. The highest BCUT2D eigenvalue weighted by atomic mass is 16.3. The van der Waals surface area contributed by atoms with Gasteiger partial charge in [-0.15, -0.1) is 0 Å².